The molecule has 0 saturated heterocycles. The Labute approximate surface area is 140 Å². The summed E-state index contributed by atoms with van der Waals surface area (Å²) in [6.07, 6.45) is 4.40. The molecule has 0 bridgehead atoms. The normalized spacial score (nSPS) is 17.6. The number of anilines is 1. The molecular formula is C17H19NO3S2. The van der Waals surface area contributed by atoms with Gasteiger partial charge in [-0.05, 0) is 55.0 Å². The van der Waals surface area contributed by atoms with E-state index in [0.29, 0.717) is 16.5 Å². The van der Waals surface area contributed by atoms with Gasteiger partial charge in [-0.2, -0.15) is 0 Å². The third-order valence-electron chi connectivity index (χ3n) is 4.07. The highest BCUT2D eigenvalue weighted by Gasteiger charge is 2.21. The Morgan fingerprint density at radius 2 is 2.09 bits per heavy atom. The molecule has 1 amide bonds. The molecule has 4 nitrogen and oxygen atoms in total. The molecule has 1 atom stereocenters. The smallest absolute Gasteiger partial charge is 0.265 e. The van der Waals surface area contributed by atoms with Crippen LogP contribution in [-0.4, -0.2) is 20.6 Å². The van der Waals surface area contributed by atoms with E-state index in [0.717, 1.165) is 19.1 Å². The zero-order valence-electron chi connectivity index (χ0n) is 13.1. The predicted octanol–water partition coefficient (Wildman–Crippen LogP) is 3.53. The van der Waals surface area contributed by atoms with Gasteiger partial charge in [-0.15, -0.1) is 11.3 Å². The van der Waals surface area contributed by atoms with Crippen LogP contribution in [0.3, 0.4) is 0 Å². The minimum atomic E-state index is -3.28. The maximum Gasteiger partial charge on any atom is 0.265 e. The Morgan fingerprint density at radius 3 is 2.83 bits per heavy atom. The lowest BCUT2D eigenvalue weighted by molar-refractivity contribution is 0.103. The summed E-state index contributed by atoms with van der Waals surface area (Å²) in [5.74, 6) is 0.488. The number of benzene rings is 1. The van der Waals surface area contributed by atoms with Crippen molar-refractivity contribution in [3.05, 3.63) is 45.6 Å². The van der Waals surface area contributed by atoms with E-state index in [2.05, 4.69) is 12.2 Å². The number of fused-ring (bicyclic) bond motifs is 1. The van der Waals surface area contributed by atoms with Gasteiger partial charge < -0.3 is 5.32 Å². The van der Waals surface area contributed by atoms with E-state index in [1.54, 1.807) is 23.5 Å². The lowest BCUT2D eigenvalue weighted by atomic mass is 9.90. The molecule has 3 rings (SSSR count). The highest BCUT2D eigenvalue weighted by atomic mass is 32.2. The van der Waals surface area contributed by atoms with Crippen molar-refractivity contribution in [2.75, 3.05) is 11.6 Å². The first-order valence-corrected chi connectivity index (χ1v) is 10.3. The van der Waals surface area contributed by atoms with Gasteiger partial charge in [0.05, 0.1) is 9.77 Å². The molecule has 1 aliphatic carbocycles. The summed E-state index contributed by atoms with van der Waals surface area (Å²) in [6, 6.07) is 8.32. The van der Waals surface area contributed by atoms with Crippen molar-refractivity contribution in [2.24, 2.45) is 5.92 Å². The fourth-order valence-corrected chi connectivity index (χ4v) is 4.59. The number of aryl methyl sites for hydroxylation is 1. The largest absolute Gasteiger partial charge is 0.321 e. The second-order valence-corrected chi connectivity index (χ2v) is 9.31. The summed E-state index contributed by atoms with van der Waals surface area (Å²) in [7, 11) is -3.28. The molecule has 1 aromatic heterocycles. The van der Waals surface area contributed by atoms with Crippen molar-refractivity contribution in [3.8, 4) is 0 Å². The van der Waals surface area contributed by atoms with Gasteiger partial charge in [-0.1, -0.05) is 13.0 Å². The fraction of sp³-hybridized carbons (Fsp3) is 0.353. The van der Waals surface area contributed by atoms with Crippen molar-refractivity contribution in [3.63, 3.8) is 0 Å². The van der Waals surface area contributed by atoms with Gasteiger partial charge in [0.1, 0.15) is 0 Å². The second kappa shape index (κ2) is 6.09. The second-order valence-electron chi connectivity index (χ2n) is 6.16. The van der Waals surface area contributed by atoms with E-state index in [4.69, 9.17) is 0 Å². The Kier molecular flexibility index (Phi) is 4.29. The number of amides is 1. The molecule has 122 valence electrons. The van der Waals surface area contributed by atoms with Crippen molar-refractivity contribution in [1.29, 1.82) is 0 Å². The number of carbonyl (C=O) groups excluding carboxylic acids is 1. The molecule has 23 heavy (non-hydrogen) atoms. The molecule has 0 radical (unpaired) electrons. The van der Waals surface area contributed by atoms with Crippen LogP contribution in [0.25, 0.3) is 0 Å². The molecule has 1 heterocycles. The zero-order chi connectivity index (χ0) is 16.6. The number of nitrogens with one attached hydrogen (secondary N) is 1. The van der Waals surface area contributed by atoms with Crippen LogP contribution < -0.4 is 5.32 Å². The molecule has 6 heteroatoms. The first-order chi connectivity index (χ1) is 10.8. The van der Waals surface area contributed by atoms with Gasteiger partial charge >= 0.3 is 0 Å². The van der Waals surface area contributed by atoms with Gasteiger partial charge in [0.2, 0.25) is 0 Å². The number of sulfone groups is 1. The van der Waals surface area contributed by atoms with Crippen molar-refractivity contribution in [1.82, 2.24) is 0 Å². The Morgan fingerprint density at radius 1 is 1.30 bits per heavy atom. The molecule has 0 saturated carbocycles. The summed E-state index contributed by atoms with van der Waals surface area (Å²) in [5.41, 5.74) is 1.78. The number of carbonyl (C=O) groups is 1. The summed E-state index contributed by atoms with van der Waals surface area (Å²) in [5, 5.41) is 2.80. The molecule has 2 aromatic rings. The summed E-state index contributed by atoms with van der Waals surface area (Å²) in [6.45, 7) is 2.23. The lowest BCUT2D eigenvalue weighted by Gasteiger charge is -2.16. The van der Waals surface area contributed by atoms with E-state index >= 15 is 0 Å². The van der Waals surface area contributed by atoms with Crippen LogP contribution in [0, 0.1) is 5.92 Å². The van der Waals surface area contributed by atoms with Crippen molar-refractivity contribution < 1.29 is 13.2 Å². The average Bonchev–Trinajstić information content (AvgIpc) is 2.90. The molecular weight excluding hydrogens is 330 g/mol. The molecule has 0 unspecified atom stereocenters. The van der Waals surface area contributed by atoms with Gasteiger partial charge in [0.25, 0.3) is 5.91 Å². The zero-order valence-corrected chi connectivity index (χ0v) is 14.8. The predicted molar refractivity (Wildman–Crippen MR) is 93.0 cm³/mol. The maximum absolute atomic E-state index is 12.4. The summed E-state index contributed by atoms with van der Waals surface area (Å²) < 4.78 is 23.2. The number of rotatable bonds is 3. The molecule has 0 aliphatic heterocycles. The van der Waals surface area contributed by atoms with Crippen molar-refractivity contribution in [2.45, 2.75) is 31.1 Å². The minimum Gasteiger partial charge on any atom is -0.321 e. The molecule has 1 N–H and O–H groups in total. The third kappa shape index (κ3) is 3.64. The number of thiophene rings is 1. The Balaban J connectivity index is 1.80. The van der Waals surface area contributed by atoms with Crippen LogP contribution in [0.5, 0.6) is 0 Å². The molecule has 0 spiro atoms. The van der Waals surface area contributed by atoms with E-state index in [1.807, 2.05) is 6.07 Å². The standard InChI is InChI=1S/C17H19NO3S2/c1-11-6-7-15-12(8-11)9-16(22-15)17(19)18-13-4-3-5-14(10-13)23(2,20)21/h3-5,9-11H,6-8H2,1-2H3,(H,18,19)/t11-/m1/s1. The Bertz CT molecular complexity index is 852. The van der Waals surface area contributed by atoms with Crippen LogP contribution in [0.15, 0.2) is 35.2 Å². The topological polar surface area (TPSA) is 63.2 Å². The molecule has 0 fully saturated rings. The van der Waals surface area contributed by atoms with Gasteiger partial charge in [-0.25, -0.2) is 8.42 Å². The third-order valence-corrected chi connectivity index (χ3v) is 6.42. The van der Waals surface area contributed by atoms with Crippen LogP contribution in [0.2, 0.25) is 0 Å². The first-order valence-electron chi connectivity index (χ1n) is 7.56. The highest BCUT2D eigenvalue weighted by molar-refractivity contribution is 7.90. The molecule has 1 aliphatic rings. The SMILES string of the molecule is C[C@@H]1CCc2sc(C(=O)Nc3cccc(S(C)(=O)=O)c3)cc2C1. The molecule has 1 aromatic carbocycles. The van der Waals surface area contributed by atoms with E-state index in [9.17, 15) is 13.2 Å². The monoisotopic (exact) mass is 349 g/mol. The first kappa shape index (κ1) is 16.2. The quantitative estimate of drug-likeness (QED) is 0.922. The summed E-state index contributed by atoms with van der Waals surface area (Å²) in [4.78, 5) is 14.6. The van der Waals surface area contributed by atoms with Gasteiger partial charge in [0.15, 0.2) is 9.84 Å². The fourth-order valence-electron chi connectivity index (χ4n) is 2.81. The van der Waals surface area contributed by atoms with Crippen LogP contribution in [-0.2, 0) is 22.7 Å². The highest BCUT2D eigenvalue weighted by Crippen LogP contribution is 2.32. The van der Waals surface area contributed by atoms with E-state index in [1.165, 1.54) is 29.0 Å². The summed E-state index contributed by atoms with van der Waals surface area (Å²) >= 11 is 1.54. The van der Waals surface area contributed by atoms with Crippen LogP contribution in [0.4, 0.5) is 5.69 Å². The van der Waals surface area contributed by atoms with Crippen molar-refractivity contribution >= 4 is 32.8 Å². The average molecular weight is 349 g/mol. The number of hydrogen-bond acceptors (Lipinski definition) is 4. The van der Waals surface area contributed by atoms with Crippen LogP contribution in [0.1, 0.15) is 33.5 Å². The van der Waals surface area contributed by atoms with Gasteiger partial charge in [0, 0.05) is 16.8 Å². The Hall–Kier alpha value is -1.66. The van der Waals surface area contributed by atoms with E-state index in [-0.39, 0.29) is 10.8 Å². The van der Waals surface area contributed by atoms with E-state index < -0.39 is 9.84 Å². The van der Waals surface area contributed by atoms with Crippen LogP contribution >= 0.6 is 11.3 Å². The number of hydrogen-bond donors (Lipinski definition) is 1. The minimum absolute atomic E-state index is 0.178. The lowest BCUT2D eigenvalue weighted by Crippen LogP contribution is -2.11. The van der Waals surface area contributed by atoms with Gasteiger partial charge in [-0.3, -0.25) is 4.79 Å². The maximum atomic E-state index is 12.4.